The Labute approximate surface area is 128 Å². The lowest BCUT2D eigenvalue weighted by atomic mass is 9.87. The number of piperidine rings is 1. The van der Waals surface area contributed by atoms with E-state index in [9.17, 15) is 5.11 Å². The molecule has 1 heterocycles. The number of aliphatic hydroxyl groups is 1. The maximum atomic E-state index is 9.48. The van der Waals surface area contributed by atoms with Gasteiger partial charge in [-0.3, -0.25) is 0 Å². The monoisotopic (exact) mass is 291 g/mol. The van der Waals surface area contributed by atoms with Gasteiger partial charge in [0.2, 0.25) is 0 Å². The van der Waals surface area contributed by atoms with Gasteiger partial charge in [0.1, 0.15) is 5.75 Å². The molecule has 1 aliphatic heterocycles. The average molecular weight is 291 g/mol. The molecule has 21 heavy (non-hydrogen) atoms. The Hall–Kier alpha value is -1.06. The smallest absolute Gasteiger partial charge is 0.119 e. The fourth-order valence-electron chi connectivity index (χ4n) is 2.67. The highest BCUT2D eigenvalue weighted by molar-refractivity contribution is 5.31. The van der Waals surface area contributed by atoms with Gasteiger partial charge in [-0.1, -0.05) is 32.9 Å². The molecule has 1 aliphatic rings. The van der Waals surface area contributed by atoms with Crippen LogP contribution < -0.4 is 4.74 Å². The number of nitrogens with zero attached hydrogens (tertiary/aromatic N) is 1. The zero-order valence-electron chi connectivity index (χ0n) is 13.6. The third-order valence-corrected chi connectivity index (χ3v) is 4.16. The topological polar surface area (TPSA) is 32.7 Å². The predicted molar refractivity (Wildman–Crippen MR) is 86.9 cm³/mol. The molecule has 1 saturated heterocycles. The number of likely N-dealkylation sites (tertiary alicyclic amines) is 1. The summed E-state index contributed by atoms with van der Waals surface area (Å²) in [4.78, 5) is 2.42. The lowest BCUT2D eigenvalue weighted by Gasteiger charge is -2.29. The van der Waals surface area contributed by atoms with Crippen LogP contribution in [0.25, 0.3) is 0 Å². The fourth-order valence-corrected chi connectivity index (χ4v) is 2.67. The minimum Gasteiger partial charge on any atom is -0.494 e. The first kappa shape index (κ1) is 16.3. The lowest BCUT2D eigenvalue weighted by molar-refractivity contribution is 0.0800. The third kappa shape index (κ3) is 5.33. The molecule has 3 nitrogen and oxygen atoms in total. The van der Waals surface area contributed by atoms with Crippen LogP contribution in [0.3, 0.4) is 0 Å². The van der Waals surface area contributed by atoms with E-state index in [0.29, 0.717) is 0 Å². The zero-order valence-corrected chi connectivity index (χ0v) is 13.6. The summed E-state index contributed by atoms with van der Waals surface area (Å²) in [6, 6.07) is 8.44. The van der Waals surface area contributed by atoms with E-state index in [-0.39, 0.29) is 11.5 Å². The molecule has 118 valence electrons. The maximum Gasteiger partial charge on any atom is 0.119 e. The van der Waals surface area contributed by atoms with E-state index in [1.807, 2.05) is 0 Å². The molecular formula is C18H29NO2. The summed E-state index contributed by atoms with van der Waals surface area (Å²) in [6.45, 7) is 10.5. The van der Waals surface area contributed by atoms with Crippen molar-refractivity contribution in [2.24, 2.45) is 0 Å². The van der Waals surface area contributed by atoms with E-state index in [1.54, 1.807) is 0 Å². The fraction of sp³-hybridized carbons (Fsp3) is 0.667. The number of ether oxygens (including phenoxy) is 1. The van der Waals surface area contributed by atoms with E-state index in [0.717, 1.165) is 51.3 Å². The first-order chi connectivity index (χ1) is 9.95. The number of aliphatic hydroxyl groups excluding tert-OH is 1. The Morgan fingerprint density at radius 1 is 1.14 bits per heavy atom. The van der Waals surface area contributed by atoms with Crippen LogP contribution in [0.5, 0.6) is 5.75 Å². The minimum atomic E-state index is -0.0844. The molecule has 0 saturated carbocycles. The number of benzene rings is 1. The summed E-state index contributed by atoms with van der Waals surface area (Å²) in [6.07, 6.45) is 2.78. The minimum absolute atomic E-state index is 0.0844. The highest BCUT2D eigenvalue weighted by Gasteiger charge is 2.16. The summed E-state index contributed by atoms with van der Waals surface area (Å²) in [5.74, 6) is 0.956. The first-order valence-corrected chi connectivity index (χ1v) is 8.09. The molecule has 0 radical (unpaired) electrons. The summed E-state index contributed by atoms with van der Waals surface area (Å²) < 4.78 is 5.81. The van der Waals surface area contributed by atoms with Crippen molar-refractivity contribution in [3.05, 3.63) is 29.8 Å². The van der Waals surface area contributed by atoms with Crippen LogP contribution in [0.4, 0.5) is 0 Å². The zero-order chi connectivity index (χ0) is 15.3. The summed E-state index contributed by atoms with van der Waals surface area (Å²) >= 11 is 0. The standard InChI is InChI=1S/C18H29NO2/c1-18(2,3)15-5-7-17(8-6-15)21-14-4-11-19-12-9-16(20)10-13-19/h5-8,16,20H,4,9-14H2,1-3H3. The second-order valence-electron chi connectivity index (χ2n) is 7.05. The second kappa shape index (κ2) is 7.28. The van der Waals surface area contributed by atoms with Gasteiger partial charge in [-0.15, -0.1) is 0 Å². The van der Waals surface area contributed by atoms with Gasteiger partial charge in [-0.05, 0) is 42.4 Å². The van der Waals surface area contributed by atoms with E-state index in [1.165, 1.54) is 5.56 Å². The Kier molecular flexibility index (Phi) is 5.65. The lowest BCUT2D eigenvalue weighted by Crippen LogP contribution is -2.36. The molecule has 0 amide bonds. The first-order valence-electron chi connectivity index (χ1n) is 8.09. The van der Waals surface area contributed by atoms with Crippen molar-refractivity contribution in [2.45, 2.75) is 51.6 Å². The van der Waals surface area contributed by atoms with E-state index >= 15 is 0 Å². The van der Waals surface area contributed by atoms with Crippen molar-refractivity contribution in [3.8, 4) is 5.75 Å². The molecule has 0 atom stereocenters. The van der Waals surface area contributed by atoms with Gasteiger partial charge in [0, 0.05) is 19.6 Å². The molecule has 1 fully saturated rings. The Morgan fingerprint density at radius 3 is 2.33 bits per heavy atom. The van der Waals surface area contributed by atoms with Gasteiger partial charge in [0.25, 0.3) is 0 Å². The Balaban J connectivity index is 1.67. The second-order valence-corrected chi connectivity index (χ2v) is 7.05. The van der Waals surface area contributed by atoms with Crippen molar-refractivity contribution in [3.63, 3.8) is 0 Å². The van der Waals surface area contributed by atoms with Crippen molar-refractivity contribution in [1.82, 2.24) is 4.90 Å². The largest absolute Gasteiger partial charge is 0.494 e. The van der Waals surface area contributed by atoms with Gasteiger partial charge in [-0.25, -0.2) is 0 Å². The van der Waals surface area contributed by atoms with Crippen molar-refractivity contribution >= 4 is 0 Å². The van der Waals surface area contributed by atoms with Crippen molar-refractivity contribution < 1.29 is 9.84 Å². The Morgan fingerprint density at radius 2 is 1.76 bits per heavy atom. The van der Waals surface area contributed by atoms with E-state index in [2.05, 4.69) is 49.9 Å². The van der Waals surface area contributed by atoms with Crippen molar-refractivity contribution in [1.29, 1.82) is 0 Å². The summed E-state index contributed by atoms with van der Waals surface area (Å²) in [5.41, 5.74) is 1.53. The van der Waals surface area contributed by atoms with Gasteiger partial charge in [-0.2, -0.15) is 0 Å². The van der Waals surface area contributed by atoms with Crippen LogP contribution in [-0.2, 0) is 5.41 Å². The van der Waals surface area contributed by atoms with Gasteiger partial charge >= 0.3 is 0 Å². The summed E-state index contributed by atoms with van der Waals surface area (Å²) in [5, 5.41) is 9.48. The molecule has 2 rings (SSSR count). The molecule has 0 aromatic heterocycles. The van der Waals surface area contributed by atoms with Crippen LogP contribution in [0.2, 0.25) is 0 Å². The van der Waals surface area contributed by atoms with Gasteiger partial charge in [0.15, 0.2) is 0 Å². The van der Waals surface area contributed by atoms with Crippen LogP contribution >= 0.6 is 0 Å². The molecule has 0 aliphatic carbocycles. The number of rotatable bonds is 5. The maximum absolute atomic E-state index is 9.48. The Bertz CT molecular complexity index is 414. The quantitative estimate of drug-likeness (QED) is 0.846. The van der Waals surface area contributed by atoms with Crippen LogP contribution in [0.15, 0.2) is 24.3 Å². The highest BCUT2D eigenvalue weighted by atomic mass is 16.5. The van der Waals surface area contributed by atoms with E-state index in [4.69, 9.17) is 4.74 Å². The SMILES string of the molecule is CC(C)(C)c1ccc(OCCCN2CCC(O)CC2)cc1. The predicted octanol–water partition coefficient (Wildman–Crippen LogP) is 3.21. The van der Waals surface area contributed by atoms with E-state index < -0.39 is 0 Å². The third-order valence-electron chi connectivity index (χ3n) is 4.16. The van der Waals surface area contributed by atoms with Crippen molar-refractivity contribution in [2.75, 3.05) is 26.2 Å². The highest BCUT2D eigenvalue weighted by Crippen LogP contribution is 2.24. The van der Waals surface area contributed by atoms with Gasteiger partial charge < -0.3 is 14.7 Å². The molecule has 0 bridgehead atoms. The summed E-state index contributed by atoms with van der Waals surface area (Å²) in [7, 11) is 0. The molecular weight excluding hydrogens is 262 g/mol. The molecule has 1 aromatic rings. The van der Waals surface area contributed by atoms with Crippen LogP contribution in [-0.4, -0.2) is 42.4 Å². The molecule has 1 aromatic carbocycles. The average Bonchev–Trinajstić information content (AvgIpc) is 2.45. The number of hydrogen-bond donors (Lipinski definition) is 1. The molecule has 1 N–H and O–H groups in total. The van der Waals surface area contributed by atoms with Gasteiger partial charge in [0.05, 0.1) is 12.7 Å². The van der Waals surface area contributed by atoms with Crippen LogP contribution in [0.1, 0.15) is 45.6 Å². The normalized spacial score (nSPS) is 17.9. The van der Waals surface area contributed by atoms with Crippen LogP contribution in [0, 0.1) is 0 Å². The molecule has 0 unspecified atom stereocenters. The molecule has 3 heteroatoms. The molecule has 0 spiro atoms. The number of hydrogen-bond acceptors (Lipinski definition) is 3.